The largest absolute Gasteiger partial charge is 0.294 e. The maximum atomic E-state index is 11.8. The van der Waals surface area contributed by atoms with E-state index >= 15 is 0 Å². The summed E-state index contributed by atoms with van der Waals surface area (Å²) in [5, 5.41) is 0. The molecule has 0 N–H and O–H groups in total. The van der Waals surface area contributed by atoms with E-state index in [1.807, 2.05) is 6.92 Å². The molecule has 1 aliphatic rings. The molecule has 0 heterocycles. The van der Waals surface area contributed by atoms with Crippen LogP contribution < -0.4 is 0 Å². The molecule has 0 aromatic heterocycles. The fraction of sp³-hybridized carbons (Fsp3) is 0.214. The van der Waals surface area contributed by atoms with Gasteiger partial charge in [0.15, 0.2) is 5.78 Å². The van der Waals surface area contributed by atoms with Crippen LogP contribution in [0, 0.1) is 0 Å². The lowest BCUT2D eigenvalue weighted by atomic mass is 9.87. The molecule has 3 heteroatoms. The number of rotatable bonds is 3. The Morgan fingerprint density at radius 2 is 1.82 bits per heavy atom. The predicted molar refractivity (Wildman–Crippen MR) is 63.7 cm³/mol. The third kappa shape index (κ3) is 1.96. The molecule has 2 rings (SSSR count). The van der Waals surface area contributed by atoms with Crippen molar-refractivity contribution in [3.05, 3.63) is 41.0 Å². The van der Waals surface area contributed by atoms with E-state index in [2.05, 4.69) is 0 Å². The first-order chi connectivity index (χ1) is 8.15. The van der Waals surface area contributed by atoms with Gasteiger partial charge in [-0.2, -0.15) is 0 Å². The first-order valence-corrected chi connectivity index (χ1v) is 5.58. The zero-order valence-electron chi connectivity index (χ0n) is 9.53. The lowest BCUT2D eigenvalue weighted by Crippen LogP contribution is -2.25. The third-order valence-corrected chi connectivity index (χ3v) is 2.73. The number of hydrogen-bond donors (Lipinski definition) is 0. The number of benzene rings is 1. The van der Waals surface area contributed by atoms with Crippen molar-refractivity contribution in [2.45, 2.75) is 19.8 Å². The Kier molecular flexibility index (Phi) is 3.00. The summed E-state index contributed by atoms with van der Waals surface area (Å²) in [6.45, 7) is 1.86. The molecule has 0 amide bonds. The Morgan fingerprint density at radius 1 is 1.12 bits per heavy atom. The van der Waals surface area contributed by atoms with Crippen molar-refractivity contribution in [3.8, 4) is 0 Å². The van der Waals surface area contributed by atoms with Gasteiger partial charge in [-0.3, -0.25) is 14.4 Å². The van der Waals surface area contributed by atoms with E-state index in [1.165, 1.54) is 6.08 Å². The predicted octanol–water partition coefficient (Wildman–Crippen LogP) is 2.20. The molecule has 0 saturated carbocycles. The first-order valence-electron chi connectivity index (χ1n) is 5.58. The Balaban J connectivity index is 2.49. The highest BCUT2D eigenvalue weighted by Gasteiger charge is 2.30. The molecule has 3 nitrogen and oxygen atoms in total. The lowest BCUT2D eigenvalue weighted by molar-refractivity contribution is -0.119. The molecule has 0 bridgehead atoms. The van der Waals surface area contributed by atoms with Crippen LogP contribution in [0.25, 0.3) is 6.08 Å². The summed E-state index contributed by atoms with van der Waals surface area (Å²) in [5.41, 5.74) is 1.05. The highest BCUT2D eigenvalue weighted by Crippen LogP contribution is 2.22. The Morgan fingerprint density at radius 3 is 2.53 bits per heavy atom. The van der Waals surface area contributed by atoms with Gasteiger partial charge in [-0.1, -0.05) is 31.2 Å². The van der Waals surface area contributed by atoms with E-state index in [0.29, 0.717) is 24.0 Å². The number of allylic oxidation sites excluding steroid dienone is 1. The van der Waals surface area contributed by atoms with Gasteiger partial charge in [0.25, 0.3) is 0 Å². The second-order valence-corrected chi connectivity index (χ2v) is 3.98. The summed E-state index contributed by atoms with van der Waals surface area (Å²) in [5.74, 6) is -1.51. The van der Waals surface area contributed by atoms with Crippen LogP contribution >= 0.6 is 0 Å². The van der Waals surface area contributed by atoms with E-state index in [-0.39, 0.29) is 11.4 Å². The molecule has 0 radical (unpaired) electrons. The molecule has 1 aliphatic carbocycles. The summed E-state index contributed by atoms with van der Waals surface area (Å²) >= 11 is 0. The van der Waals surface area contributed by atoms with E-state index in [9.17, 15) is 14.4 Å². The maximum Gasteiger partial charge on any atom is 0.237 e. The van der Waals surface area contributed by atoms with Crippen molar-refractivity contribution in [1.82, 2.24) is 0 Å². The van der Waals surface area contributed by atoms with E-state index in [1.54, 1.807) is 24.3 Å². The van der Waals surface area contributed by atoms with Gasteiger partial charge in [-0.25, -0.2) is 0 Å². The molecule has 0 fully saturated rings. The quantitative estimate of drug-likeness (QED) is 0.588. The van der Waals surface area contributed by atoms with Crippen molar-refractivity contribution in [2.24, 2.45) is 0 Å². The van der Waals surface area contributed by atoms with Gasteiger partial charge in [0, 0.05) is 12.0 Å². The fourth-order valence-electron chi connectivity index (χ4n) is 1.86. The van der Waals surface area contributed by atoms with Gasteiger partial charge in [0.1, 0.15) is 0 Å². The molecule has 0 saturated heterocycles. The van der Waals surface area contributed by atoms with Gasteiger partial charge in [-0.15, -0.1) is 0 Å². The molecule has 1 aromatic carbocycles. The summed E-state index contributed by atoms with van der Waals surface area (Å²) < 4.78 is 0. The zero-order chi connectivity index (χ0) is 12.4. The van der Waals surface area contributed by atoms with Crippen LogP contribution in [0.3, 0.4) is 0 Å². The summed E-state index contributed by atoms with van der Waals surface area (Å²) in [6, 6.07) is 6.82. The number of carbonyl (C=O) groups excluding carboxylic acids is 3. The van der Waals surface area contributed by atoms with Crippen molar-refractivity contribution in [1.29, 1.82) is 0 Å². The average Bonchev–Trinajstić information content (AvgIpc) is 2.34. The molecule has 0 aliphatic heterocycles. The van der Waals surface area contributed by atoms with Crippen molar-refractivity contribution in [3.63, 3.8) is 0 Å². The average molecular weight is 228 g/mol. The fourth-order valence-corrected chi connectivity index (χ4v) is 1.86. The van der Waals surface area contributed by atoms with Crippen molar-refractivity contribution in [2.75, 3.05) is 0 Å². The standard InChI is InChI=1S/C14H12O3/c1-2-5-12(15)11-8-9-6-3-4-7-10(9)13(16)14(11)17/h3-4,6-8H,2,5H2,1H3. The Hall–Kier alpha value is -2.03. The molecule has 0 atom stereocenters. The molecule has 86 valence electrons. The lowest BCUT2D eigenvalue weighted by Gasteiger charge is -2.13. The van der Waals surface area contributed by atoms with Crippen LogP contribution in [-0.4, -0.2) is 17.3 Å². The van der Waals surface area contributed by atoms with Crippen LogP contribution in [0.4, 0.5) is 0 Å². The molecular weight excluding hydrogens is 216 g/mol. The summed E-state index contributed by atoms with van der Waals surface area (Å²) in [4.78, 5) is 35.3. The van der Waals surface area contributed by atoms with Crippen LogP contribution in [0.2, 0.25) is 0 Å². The minimum absolute atomic E-state index is 0.0237. The zero-order valence-corrected chi connectivity index (χ0v) is 9.53. The minimum Gasteiger partial charge on any atom is -0.294 e. The second-order valence-electron chi connectivity index (χ2n) is 3.98. The van der Waals surface area contributed by atoms with Crippen LogP contribution in [0.5, 0.6) is 0 Å². The highest BCUT2D eigenvalue weighted by atomic mass is 16.2. The Labute approximate surface area is 99.1 Å². The molecular formula is C14H12O3. The summed E-state index contributed by atoms with van der Waals surface area (Å²) in [7, 11) is 0. The van der Waals surface area contributed by atoms with E-state index < -0.39 is 11.6 Å². The number of carbonyl (C=O) groups is 3. The van der Waals surface area contributed by atoms with Crippen molar-refractivity contribution >= 4 is 23.4 Å². The maximum absolute atomic E-state index is 11.8. The third-order valence-electron chi connectivity index (χ3n) is 2.73. The normalized spacial score (nSPS) is 14.3. The van der Waals surface area contributed by atoms with E-state index in [0.717, 1.165) is 0 Å². The number of hydrogen-bond acceptors (Lipinski definition) is 3. The summed E-state index contributed by atoms with van der Waals surface area (Å²) in [6.07, 6.45) is 2.49. The SMILES string of the molecule is CCCC(=O)C1=Cc2ccccc2C(=O)C1=O. The van der Waals surface area contributed by atoms with Crippen LogP contribution in [-0.2, 0) is 9.59 Å². The van der Waals surface area contributed by atoms with E-state index in [4.69, 9.17) is 0 Å². The minimum atomic E-state index is -0.679. The molecule has 17 heavy (non-hydrogen) atoms. The first kappa shape index (κ1) is 11.5. The van der Waals surface area contributed by atoms with Gasteiger partial charge >= 0.3 is 0 Å². The Bertz CT molecular complexity index is 538. The van der Waals surface area contributed by atoms with Gasteiger partial charge in [-0.05, 0) is 18.1 Å². The number of Topliss-reactive ketones (excluding diaryl/α,β-unsaturated/α-hetero) is 3. The monoisotopic (exact) mass is 228 g/mol. The van der Waals surface area contributed by atoms with Gasteiger partial charge < -0.3 is 0 Å². The van der Waals surface area contributed by atoms with Crippen LogP contribution in [0.1, 0.15) is 35.7 Å². The smallest absolute Gasteiger partial charge is 0.237 e. The topological polar surface area (TPSA) is 51.2 Å². The molecule has 0 spiro atoms. The van der Waals surface area contributed by atoms with Gasteiger partial charge in [0.2, 0.25) is 11.6 Å². The van der Waals surface area contributed by atoms with Crippen molar-refractivity contribution < 1.29 is 14.4 Å². The number of ketones is 3. The molecule has 1 aromatic rings. The highest BCUT2D eigenvalue weighted by molar-refractivity contribution is 6.56. The molecule has 0 unspecified atom stereocenters. The second kappa shape index (κ2) is 4.45. The van der Waals surface area contributed by atoms with Gasteiger partial charge in [0.05, 0.1) is 5.57 Å². The van der Waals surface area contributed by atoms with Crippen LogP contribution in [0.15, 0.2) is 29.8 Å². The number of fused-ring (bicyclic) bond motifs is 1.